The van der Waals surface area contributed by atoms with Gasteiger partial charge in [0, 0.05) is 19.3 Å². The monoisotopic (exact) mass is 165 g/mol. The average molecular weight is 166 g/mol. The van der Waals surface area contributed by atoms with Gasteiger partial charge in [-0.15, -0.1) is 11.6 Å². The maximum atomic E-state index is 10.3. The Balaban J connectivity index is 3.21. The highest BCUT2D eigenvalue weighted by Crippen LogP contribution is 1.91. The van der Waals surface area contributed by atoms with Crippen LogP contribution in [0.2, 0.25) is 0 Å². The summed E-state index contributed by atoms with van der Waals surface area (Å²) in [5, 5.41) is 11.5. The maximum Gasteiger partial charge on any atom is 0.216 e. The van der Waals surface area contributed by atoms with Crippen molar-refractivity contribution in [2.24, 2.45) is 0 Å². The van der Waals surface area contributed by atoms with Crippen molar-refractivity contribution in [3.8, 4) is 0 Å². The van der Waals surface area contributed by atoms with Gasteiger partial charge in [0.15, 0.2) is 0 Å². The Hall–Kier alpha value is -0.280. The standard InChI is InChI=1S/C6H12ClNO2/c1-5(9)8-4-6(10)2-3-7/h6,10H,2-4H2,1H3,(H,8,9). The molecule has 60 valence electrons. The van der Waals surface area contributed by atoms with Crippen LogP contribution in [0.4, 0.5) is 0 Å². The van der Waals surface area contributed by atoms with Crippen LogP contribution in [-0.4, -0.2) is 29.5 Å². The van der Waals surface area contributed by atoms with Crippen molar-refractivity contribution in [3.63, 3.8) is 0 Å². The zero-order valence-corrected chi connectivity index (χ0v) is 6.69. The zero-order chi connectivity index (χ0) is 7.98. The van der Waals surface area contributed by atoms with Gasteiger partial charge in [-0.1, -0.05) is 0 Å². The topological polar surface area (TPSA) is 49.3 Å². The van der Waals surface area contributed by atoms with Crippen LogP contribution in [0.25, 0.3) is 0 Å². The van der Waals surface area contributed by atoms with E-state index < -0.39 is 6.10 Å². The van der Waals surface area contributed by atoms with Gasteiger partial charge in [0.2, 0.25) is 5.91 Å². The summed E-state index contributed by atoms with van der Waals surface area (Å²) >= 11 is 5.34. The largest absolute Gasteiger partial charge is 0.391 e. The second-order valence-electron chi connectivity index (χ2n) is 2.07. The van der Waals surface area contributed by atoms with Crippen LogP contribution in [-0.2, 0) is 4.79 Å². The molecule has 1 atom stereocenters. The minimum Gasteiger partial charge on any atom is -0.391 e. The van der Waals surface area contributed by atoms with Gasteiger partial charge in [-0.05, 0) is 6.42 Å². The molecule has 0 aliphatic rings. The summed E-state index contributed by atoms with van der Waals surface area (Å²) in [6, 6.07) is 0. The van der Waals surface area contributed by atoms with E-state index in [0.717, 1.165) is 0 Å². The molecule has 0 spiro atoms. The highest BCUT2D eigenvalue weighted by Gasteiger charge is 2.02. The minimum atomic E-state index is -0.513. The number of amides is 1. The minimum absolute atomic E-state index is 0.131. The molecule has 0 aromatic rings. The SMILES string of the molecule is CC(=O)NCC(O)CCCl. The van der Waals surface area contributed by atoms with E-state index in [-0.39, 0.29) is 5.91 Å². The zero-order valence-electron chi connectivity index (χ0n) is 5.93. The van der Waals surface area contributed by atoms with Gasteiger partial charge in [-0.3, -0.25) is 4.79 Å². The summed E-state index contributed by atoms with van der Waals surface area (Å²) in [7, 11) is 0. The van der Waals surface area contributed by atoms with E-state index in [4.69, 9.17) is 16.7 Å². The van der Waals surface area contributed by atoms with Gasteiger partial charge in [-0.2, -0.15) is 0 Å². The second-order valence-corrected chi connectivity index (χ2v) is 2.45. The summed E-state index contributed by atoms with van der Waals surface area (Å²) in [5.74, 6) is 0.287. The first-order valence-electron chi connectivity index (χ1n) is 3.15. The van der Waals surface area contributed by atoms with Crippen molar-refractivity contribution >= 4 is 17.5 Å². The lowest BCUT2D eigenvalue weighted by atomic mass is 10.3. The van der Waals surface area contributed by atoms with Crippen molar-refractivity contribution < 1.29 is 9.90 Å². The maximum absolute atomic E-state index is 10.3. The van der Waals surface area contributed by atoms with Crippen molar-refractivity contribution in [2.45, 2.75) is 19.4 Å². The number of aliphatic hydroxyl groups is 1. The highest BCUT2D eigenvalue weighted by molar-refractivity contribution is 6.17. The van der Waals surface area contributed by atoms with Crippen molar-refractivity contribution in [3.05, 3.63) is 0 Å². The third kappa shape index (κ3) is 5.85. The summed E-state index contributed by atoms with van der Waals surface area (Å²) in [6.07, 6.45) is 0.00312. The molecular formula is C6H12ClNO2. The van der Waals surface area contributed by atoms with E-state index in [1.54, 1.807) is 0 Å². The Labute approximate surface area is 65.4 Å². The van der Waals surface area contributed by atoms with E-state index in [1.165, 1.54) is 6.92 Å². The Morgan fingerprint density at radius 3 is 2.80 bits per heavy atom. The molecule has 0 rings (SSSR count). The predicted octanol–water partition coefficient (Wildman–Crippen LogP) is 0.112. The van der Waals surface area contributed by atoms with Gasteiger partial charge in [0.25, 0.3) is 0 Å². The molecule has 2 N–H and O–H groups in total. The molecule has 0 aliphatic carbocycles. The number of hydrogen-bond donors (Lipinski definition) is 2. The van der Waals surface area contributed by atoms with Crippen LogP contribution < -0.4 is 5.32 Å². The number of alkyl halides is 1. The Bertz CT molecular complexity index is 108. The van der Waals surface area contributed by atoms with E-state index >= 15 is 0 Å². The molecule has 10 heavy (non-hydrogen) atoms. The summed E-state index contributed by atoms with van der Waals surface area (Å²) in [5.41, 5.74) is 0. The predicted molar refractivity (Wildman–Crippen MR) is 40.0 cm³/mol. The lowest BCUT2D eigenvalue weighted by molar-refractivity contribution is -0.119. The average Bonchev–Trinajstić information content (AvgIpc) is 1.85. The molecule has 0 aromatic carbocycles. The normalized spacial score (nSPS) is 12.7. The van der Waals surface area contributed by atoms with Crippen LogP contribution >= 0.6 is 11.6 Å². The molecule has 0 fully saturated rings. The molecule has 0 heterocycles. The third-order valence-corrected chi connectivity index (χ3v) is 1.25. The van der Waals surface area contributed by atoms with Crippen LogP contribution in [0.15, 0.2) is 0 Å². The first-order valence-corrected chi connectivity index (χ1v) is 3.68. The number of hydrogen-bond acceptors (Lipinski definition) is 2. The molecule has 0 radical (unpaired) electrons. The van der Waals surface area contributed by atoms with Crippen molar-refractivity contribution in [1.29, 1.82) is 0 Å². The van der Waals surface area contributed by atoms with Crippen LogP contribution in [0.5, 0.6) is 0 Å². The molecule has 0 aliphatic heterocycles. The second kappa shape index (κ2) is 5.50. The van der Waals surface area contributed by atoms with Crippen LogP contribution in [0.1, 0.15) is 13.3 Å². The van der Waals surface area contributed by atoms with Crippen LogP contribution in [0.3, 0.4) is 0 Å². The van der Waals surface area contributed by atoms with E-state index in [1.807, 2.05) is 0 Å². The number of aliphatic hydroxyl groups excluding tert-OH is 1. The smallest absolute Gasteiger partial charge is 0.216 e. The molecule has 0 saturated carbocycles. The highest BCUT2D eigenvalue weighted by atomic mass is 35.5. The Morgan fingerprint density at radius 1 is 1.80 bits per heavy atom. The summed E-state index contributed by atoms with van der Waals surface area (Å²) in [6.45, 7) is 1.70. The molecule has 1 unspecified atom stereocenters. The molecule has 4 heteroatoms. The number of halogens is 1. The summed E-state index contributed by atoms with van der Waals surface area (Å²) < 4.78 is 0. The number of carbonyl (C=O) groups excluding carboxylic acids is 1. The fraction of sp³-hybridized carbons (Fsp3) is 0.833. The van der Waals surface area contributed by atoms with Gasteiger partial charge in [0.1, 0.15) is 0 Å². The van der Waals surface area contributed by atoms with Gasteiger partial charge >= 0.3 is 0 Å². The van der Waals surface area contributed by atoms with Gasteiger partial charge in [0.05, 0.1) is 6.10 Å². The molecule has 3 nitrogen and oxygen atoms in total. The molecule has 0 aromatic heterocycles. The van der Waals surface area contributed by atoms with Gasteiger partial charge < -0.3 is 10.4 Å². The Kier molecular flexibility index (Phi) is 5.35. The molecular weight excluding hydrogens is 154 g/mol. The molecule has 0 bridgehead atoms. The number of rotatable bonds is 4. The fourth-order valence-electron chi connectivity index (χ4n) is 0.490. The molecule has 0 saturated heterocycles. The van der Waals surface area contributed by atoms with Crippen molar-refractivity contribution in [1.82, 2.24) is 5.32 Å². The van der Waals surface area contributed by atoms with Gasteiger partial charge in [-0.25, -0.2) is 0 Å². The number of carbonyl (C=O) groups is 1. The van der Waals surface area contributed by atoms with E-state index in [2.05, 4.69) is 5.32 Å². The van der Waals surface area contributed by atoms with E-state index in [0.29, 0.717) is 18.8 Å². The first-order chi connectivity index (χ1) is 4.66. The number of nitrogens with one attached hydrogen (secondary N) is 1. The lowest BCUT2D eigenvalue weighted by Gasteiger charge is -2.07. The third-order valence-electron chi connectivity index (χ3n) is 1.03. The summed E-state index contributed by atoms with van der Waals surface area (Å²) in [4.78, 5) is 10.3. The quantitative estimate of drug-likeness (QED) is 0.581. The van der Waals surface area contributed by atoms with E-state index in [9.17, 15) is 4.79 Å². The lowest BCUT2D eigenvalue weighted by Crippen LogP contribution is -2.30. The van der Waals surface area contributed by atoms with Crippen LogP contribution in [0, 0.1) is 0 Å². The Morgan fingerprint density at radius 2 is 2.40 bits per heavy atom. The van der Waals surface area contributed by atoms with Crippen molar-refractivity contribution in [2.75, 3.05) is 12.4 Å². The first kappa shape index (κ1) is 9.72. The fourth-order valence-corrected chi connectivity index (χ4v) is 0.741. The molecule has 1 amide bonds.